The minimum atomic E-state index is 1.04. The first kappa shape index (κ1) is 19.4. The Kier molecular flexibility index (Phi) is 4.42. The third-order valence-corrected chi connectivity index (χ3v) is 8.30. The van der Waals surface area contributed by atoms with Crippen molar-refractivity contribution in [3.8, 4) is 23.7 Å². The summed E-state index contributed by atoms with van der Waals surface area (Å²) < 4.78 is 2.56. The summed E-state index contributed by atoms with van der Waals surface area (Å²) in [5.41, 5.74) is 2.08. The molecular weight excluding hydrogens is 448 g/mol. The van der Waals surface area contributed by atoms with Crippen LogP contribution in [0.3, 0.4) is 0 Å². The van der Waals surface area contributed by atoms with Crippen molar-refractivity contribution in [1.29, 1.82) is 0 Å². The van der Waals surface area contributed by atoms with Gasteiger partial charge in [0.05, 0.1) is 9.75 Å². The molecule has 2 aromatic heterocycles. The number of thiophene rings is 2. The van der Waals surface area contributed by atoms with Crippen molar-refractivity contribution in [1.82, 2.24) is 0 Å². The Bertz CT molecular complexity index is 1800. The molecule has 0 aliphatic carbocycles. The van der Waals surface area contributed by atoms with Gasteiger partial charge in [0.1, 0.15) is 0 Å². The van der Waals surface area contributed by atoms with Crippen LogP contribution in [-0.2, 0) is 0 Å². The molecule has 0 nitrogen and oxygen atoms in total. The molecule has 0 unspecified atom stereocenters. The maximum Gasteiger partial charge on any atom is 0.0863 e. The molecule has 7 rings (SSSR count). The molecular formula is C32H16S2. The monoisotopic (exact) mass is 464 g/mol. The zero-order chi connectivity index (χ0) is 22.5. The second-order valence-electron chi connectivity index (χ2n) is 8.20. The first-order valence-corrected chi connectivity index (χ1v) is 12.8. The van der Waals surface area contributed by atoms with Gasteiger partial charge in [-0.05, 0) is 59.0 Å². The van der Waals surface area contributed by atoms with Crippen molar-refractivity contribution >= 4 is 64.4 Å². The van der Waals surface area contributed by atoms with Gasteiger partial charge in [0.2, 0.25) is 0 Å². The van der Waals surface area contributed by atoms with E-state index in [-0.39, 0.29) is 0 Å². The molecule has 2 heteroatoms. The molecule has 0 atom stereocenters. The molecule has 0 aliphatic heterocycles. The molecule has 0 saturated carbocycles. The second-order valence-corrected chi connectivity index (χ2v) is 10.3. The summed E-state index contributed by atoms with van der Waals surface area (Å²) in [7, 11) is 0. The summed E-state index contributed by atoms with van der Waals surface area (Å²) in [5, 5.41) is 7.73. The van der Waals surface area contributed by atoms with Gasteiger partial charge in [-0.1, -0.05) is 72.5 Å². The Morgan fingerprint density at radius 1 is 0.382 bits per heavy atom. The van der Waals surface area contributed by atoms with Crippen LogP contribution in [-0.4, -0.2) is 0 Å². The maximum absolute atomic E-state index is 3.50. The summed E-state index contributed by atoms with van der Waals surface area (Å²) in [5.74, 6) is 13.8. The van der Waals surface area contributed by atoms with Gasteiger partial charge in [-0.15, -0.1) is 22.7 Å². The molecule has 0 fully saturated rings. The zero-order valence-electron chi connectivity index (χ0n) is 18.1. The fourth-order valence-electron chi connectivity index (χ4n) is 4.70. The van der Waals surface area contributed by atoms with Crippen LogP contribution in [0.5, 0.6) is 0 Å². The summed E-state index contributed by atoms with van der Waals surface area (Å²) in [6.45, 7) is 0. The van der Waals surface area contributed by atoms with Crippen molar-refractivity contribution in [2.24, 2.45) is 0 Å². The van der Waals surface area contributed by atoms with Gasteiger partial charge < -0.3 is 0 Å². The average molecular weight is 465 g/mol. The lowest BCUT2D eigenvalue weighted by Gasteiger charge is -2.06. The van der Waals surface area contributed by atoms with E-state index >= 15 is 0 Å². The summed E-state index contributed by atoms with van der Waals surface area (Å²) in [4.78, 5) is 2.26. The molecule has 0 aliphatic rings. The van der Waals surface area contributed by atoms with Crippen LogP contribution < -0.4 is 0 Å². The van der Waals surface area contributed by atoms with Gasteiger partial charge in [-0.25, -0.2) is 0 Å². The number of hydrogen-bond donors (Lipinski definition) is 0. The largest absolute Gasteiger partial charge is 0.126 e. The molecule has 0 bridgehead atoms. The van der Waals surface area contributed by atoms with Crippen molar-refractivity contribution in [3.05, 3.63) is 118 Å². The number of fused-ring (bicyclic) bond motifs is 2. The van der Waals surface area contributed by atoms with Crippen LogP contribution in [0.25, 0.3) is 41.7 Å². The van der Waals surface area contributed by atoms with Crippen LogP contribution in [0.4, 0.5) is 0 Å². The highest BCUT2D eigenvalue weighted by molar-refractivity contribution is 7.22. The van der Waals surface area contributed by atoms with Crippen LogP contribution in [0.1, 0.15) is 20.9 Å². The Morgan fingerprint density at radius 2 is 0.824 bits per heavy atom. The SMILES string of the molecule is C(#Cc1sc2cccc3c4c(C#Cc5ccccc5)sc5cccc(c1c23)c54)c1ccccc1. The van der Waals surface area contributed by atoms with Gasteiger partial charge >= 0.3 is 0 Å². The predicted molar refractivity (Wildman–Crippen MR) is 148 cm³/mol. The average Bonchev–Trinajstić information content (AvgIpc) is 3.46. The Hall–Kier alpha value is -4.08. The normalized spacial score (nSPS) is 11.1. The highest BCUT2D eigenvalue weighted by Gasteiger charge is 2.20. The molecule has 2 heterocycles. The van der Waals surface area contributed by atoms with Gasteiger partial charge in [0.25, 0.3) is 0 Å². The van der Waals surface area contributed by atoms with E-state index in [4.69, 9.17) is 0 Å². The van der Waals surface area contributed by atoms with E-state index in [1.807, 2.05) is 36.4 Å². The van der Waals surface area contributed by atoms with Gasteiger partial charge in [0.15, 0.2) is 0 Å². The number of rotatable bonds is 0. The number of hydrogen-bond acceptors (Lipinski definition) is 2. The van der Waals surface area contributed by atoms with Crippen molar-refractivity contribution in [3.63, 3.8) is 0 Å². The van der Waals surface area contributed by atoms with Gasteiger partial charge in [-0.3, -0.25) is 0 Å². The molecule has 156 valence electrons. The van der Waals surface area contributed by atoms with E-state index in [1.54, 1.807) is 22.7 Å². The maximum atomic E-state index is 3.50. The minimum absolute atomic E-state index is 1.04. The van der Waals surface area contributed by atoms with Gasteiger partial charge in [0, 0.05) is 42.1 Å². The molecule has 34 heavy (non-hydrogen) atoms. The molecule has 0 saturated heterocycles. The van der Waals surface area contributed by atoms with E-state index in [2.05, 4.69) is 84.3 Å². The quantitative estimate of drug-likeness (QED) is 0.156. The molecule has 0 spiro atoms. The van der Waals surface area contributed by atoms with Crippen LogP contribution in [0.2, 0.25) is 0 Å². The topological polar surface area (TPSA) is 0 Å². The first-order chi connectivity index (χ1) is 16.9. The van der Waals surface area contributed by atoms with E-state index in [1.165, 1.54) is 41.7 Å². The smallest absolute Gasteiger partial charge is 0.0863 e. The Labute approximate surface area is 205 Å². The summed E-state index contributed by atoms with van der Waals surface area (Å²) in [6, 6.07) is 33.7. The van der Waals surface area contributed by atoms with E-state index < -0.39 is 0 Å². The fourth-order valence-corrected chi connectivity index (χ4v) is 6.90. The van der Waals surface area contributed by atoms with Crippen molar-refractivity contribution < 1.29 is 0 Å². The second kappa shape index (κ2) is 7.75. The van der Waals surface area contributed by atoms with Crippen LogP contribution >= 0.6 is 22.7 Å². The van der Waals surface area contributed by atoms with E-state index in [9.17, 15) is 0 Å². The molecule has 0 radical (unpaired) electrons. The van der Waals surface area contributed by atoms with Crippen molar-refractivity contribution in [2.75, 3.05) is 0 Å². The van der Waals surface area contributed by atoms with Gasteiger partial charge in [-0.2, -0.15) is 0 Å². The zero-order valence-corrected chi connectivity index (χ0v) is 19.7. The summed E-state index contributed by atoms with van der Waals surface area (Å²) in [6.07, 6.45) is 0. The predicted octanol–water partition coefficient (Wildman–Crippen LogP) is 8.66. The molecule has 0 amide bonds. The Morgan fingerprint density at radius 3 is 1.26 bits per heavy atom. The van der Waals surface area contributed by atoms with E-state index in [0.29, 0.717) is 0 Å². The molecule has 0 N–H and O–H groups in total. The molecule has 5 aromatic carbocycles. The highest BCUT2D eigenvalue weighted by atomic mass is 32.1. The number of benzene rings is 5. The highest BCUT2D eigenvalue weighted by Crippen LogP contribution is 2.48. The molecule has 7 aromatic rings. The lowest BCUT2D eigenvalue weighted by atomic mass is 9.94. The van der Waals surface area contributed by atoms with E-state index in [0.717, 1.165) is 20.9 Å². The third kappa shape index (κ3) is 3.01. The van der Waals surface area contributed by atoms with Crippen LogP contribution in [0, 0.1) is 23.7 Å². The summed E-state index contributed by atoms with van der Waals surface area (Å²) >= 11 is 3.58. The Balaban J connectivity index is 1.56. The third-order valence-electron chi connectivity index (χ3n) is 6.16. The van der Waals surface area contributed by atoms with Crippen molar-refractivity contribution in [2.45, 2.75) is 0 Å². The standard InChI is InChI=1S/C32H16S2/c1-3-9-21(10-4-1)17-19-27-31-23-13-7-16-26-30(23)32(24-14-8-15-25(33-27)29(24)31)28(34-26)20-18-22-11-5-2-6-12-22/h1-16H. The fraction of sp³-hybridized carbons (Fsp3) is 0. The minimum Gasteiger partial charge on any atom is -0.126 e. The first-order valence-electron chi connectivity index (χ1n) is 11.1. The lowest BCUT2D eigenvalue weighted by Crippen LogP contribution is -1.82. The van der Waals surface area contributed by atoms with Crippen LogP contribution in [0.15, 0.2) is 97.1 Å². The lowest BCUT2D eigenvalue weighted by molar-refractivity contribution is 1.65.